The van der Waals surface area contributed by atoms with Crippen LogP contribution in [0.2, 0.25) is 0 Å². The molecular formula is C18H30N2O. The molecule has 0 aromatic heterocycles. The number of carbonyl (C=O) groups excluding carboxylic acids is 1. The molecule has 0 aliphatic rings. The highest BCUT2D eigenvalue weighted by molar-refractivity contribution is 5.81. The van der Waals surface area contributed by atoms with E-state index in [1.807, 2.05) is 6.92 Å². The van der Waals surface area contributed by atoms with Crippen molar-refractivity contribution >= 4 is 5.91 Å². The van der Waals surface area contributed by atoms with E-state index in [9.17, 15) is 4.79 Å². The zero-order chi connectivity index (χ0) is 16.2. The van der Waals surface area contributed by atoms with Gasteiger partial charge in [-0.25, -0.2) is 0 Å². The fourth-order valence-electron chi connectivity index (χ4n) is 2.29. The number of rotatable bonds is 5. The minimum atomic E-state index is -0.429. The molecule has 0 aliphatic heterocycles. The van der Waals surface area contributed by atoms with Crippen molar-refractivity contribution in [3.8, 4) is 0 Å². The number of nitrogens with one attached hydrogen (secondary N) is 1. The van der Waals surface area contributed by atoms with Crippen LogP contribution in [-0.4, -0.2) is 11.9 Å². The molecule has 0 aliphatic carbocycles. The Hall–Kier alpha value is -1.35. The van der Waals surface area contributed by atoms with Crippen LogP contribution in [0.5, 0.6) is 0 Å². The van der Waals surface area contributed by atoms with Crippen LogP contribution in [0.25, 0.3) is 0 Å². The van der Waals surface area contributed by atoms with E-state index in [0.29, 0.717) is 12.3 Å². The van der Waals surface area contributed by atoms with E-state index in [2.05, 4.69) is 64.2 Å². The topological polar surface area (TPSA) is 55.1 Å². The SMILES string of the molecule is CC(C)C[C@@H](N)C(=O)NC(C)c1ccc(C(C)(C)C)cc1. The van der Waals surface area contributed by atoms with Gasteiger partial charge >= 0.3 is 0 Å². The maximum absolute atomic E-state index is 12.1. The smallest absolute Gasteiger partial charge is 0.237 e. The molecule has 3 heteroatoms. The fourth-order valence-corrected chi connectivity index (χ4v) is 2.29. The summed E-state index contributed by atoms with van der Waals surface area (Å²) in [7, 11) is 0. The molecule has 1 rings (SSSR count). The second-order valence-corrected chi connectivity index (χ2v) is 7.34. The van der Waals surface area contributed by atoms with Crippen LogP contribution in [0.4, 0.5) is 0 Å². The summed E-state index contributed by atoms with van der Waals surface area (Å²) in [5, 5.41) is 3.00. The van der Waals surface area contributed by atoms with Crippen LogP contribution in [0.1, 0.15) is 65.1 Å². The predicted octanol–water partition coefficient (Wildman–Crippen LogP) is 3.53. The van der Waals surface area contributed by atoms with Gasteiger partial charge in [-0.3, -0.25) is 4.79 Å². The maximum atomic E-state index is 12.1. The number of benzene rings is 1. The number of hydrogen-bond acceptors (Lipinski definition) is 2. The van der Waals surface area contributed by atoms with Gasteiger partial charge in [0.1, 0.15) is 0 Å². The molecule has 0 heterocycles. The van der Waals surface area contributed by atoms with Gasteiger partial charge in [0.15, 0.2) is 0 Å². The summed E-state index contributed by atoms with van der Waals surface area (Å²) in [5.41, 5.74) is 8.45. The Labute approximate surface area is 129 Å². The van der Waals surface area contributed by atoms with Crippen LogP contribution in [0.3, 0.4) is 0 Å². The average Bonchev–Trinajstić information content (AvgIpc) is 2.36. The maximum Gasteiger partial charge on any atom is 0.237 e. The van der Waals surface area contributed by atoms with E-state index in [4.69, 9.17) is 5.73 Å². The molecule has 1 unspecified atom stereocenters. The van der Waals surface area contributed by atoms with Crippen LogP contribution in [0.15, 0.2) is 24.3 Å². The molecule has 3 nitrogen and oxygen atoms in total. The van der Waals surface area contributed by atoms with E-state index in [1.54, 1.807) is 0 Å². The first-order valence-electron chi connectivity index (χ1n) is 7.77. The third-order valence-electron chi connectivity index (χ3n) is 3.70. The molecule has 0 saturated heterocycles. The van der Waals surface area contributed by atoms with Crippen molar-refractivity contribution in [1.29, 1.82) is 0 Å². The lowest BCUT2D eigenvalue weighted by Crippen LogP contribution is -2.42. The Bertz CT molecular complexity index is 457. The molecule has 1 amide bonds. The highest BCUT2D eigenvalue weighted by Gasteiger charge is 2.18. The highest BCUT2D eigenvalue weighted by atomic mass is 16.2. The molecule has 0 saturated carbocycles. The summed E-state index contributed by atoms with van der Waals surface area (Å²) in [6, 6.07) is 7.97. The summed E-state index contributed by atoms with van der Waals surface area (Å²) >= 11 is 0. The Morgan fingerprint density at radius 1 is 1.14 bits per heavy atom. The first-order valence-corrected chi connectivity index (χ1v) is 7.77. The van der Waals surface area contributed by atoms with E-state index < -0.39 is 6.04 Å². The van der Waals surface area contributed by atoms with Gasteiger partial charge in [-0.15, -0.1) is 0 Å². The lowest BCUT2D eigenvalue weighted by molar-refractivity contribution is -0.123. The van der Waals surface area contributed by atoms with Crippen molar-refractivity contribution in [1.82, 2.24) is 5.32 Å². The molecule has 118 valence electrons. The molecular weight excluding hydrogens is 260 g/mol. The number of nitrogens with two attached hydrogens (primary N) is 1. The number of hydrogen-bond donors (Lipinski definition) is 2. The van der Waals surface area contributed by atoms with Crippen molar-refractivity contribution in [3.05, 3.63) is 35.4 Å². The van der Waals surface area contributed by atoms with Crippen LogP contribution in [0, 0.1) is 5.92 Å². The number of carbonyl (C=O) groups is 1. The van der Waals surface area contributed by atoms with Gasteiger partial charge in [0.25, 0.3) is 0 Å². The van der Waals surface area contributed by atoms with Crippen LogP contribution < -0.4 is 11.1 Å². The summed E-state index contributed by atoms with van der Waals surface area (Å²) in [6.45, 7) is 12.7. The zero-order valence-electron chi connectivity index (χ0n) is 14.2. The van der Waals surface area contributed by atoms with Gasteiger partial charge in [-0.1, -0.05) is 58.9 Å². The van der Waals surface area contributed by atoms with E-state index >= 15 is 0 Å². The minimum Gasteiger partial charge on any atom is -0.348 e. The first-order chi connectivity index (χ1) is 9.61. The standard InChI is InChI=1S/C18H30N2O/c1-12(2)11-16(19)17(21)20-13(3)14-7-9-15(10-8-14)18(4,5)6/h7-10,12-13,16H,11,19H2,1-6H3,(H,20,21)/t13?,16-/m1/s1. The van der Waals surface area contributed by atoms with Crippen molar-refractivity contribution < 1.29 is 4.79 Å². The predicted molar refractivity (Wildman–Crippen MR) is 89.1 cm³/mol. The molecule has 0 radical (unpaired) electrons. The third-order valence-corrected chi connectivity index (χ3v) is 3.70. The van der Waals surface area contributed by atoms with Crippen molar-refractivity contribution in [2.45, 2.75) is 65.5 Å². The van der Waals surface area contributed by atoms with E-state index in [1.165, 1.54) is 5.56 Å². The summed E-state index contributed by atoms with van der Waals surface area (Å²) in [6.07, 6.45) is 0.710. The van der Waals surface area contributed by atoms with Gasteiger partial charge in [0.05, 0.1) is 12.1 Å². The Balaban J connectivity index is 2.67. The van der Waals surface area contributed by atoms with Crippen molar-refractivity contribution in [2.75, 3.05) is 0 Å². The lowest BCUT2D eigenvalue weighted by Gasteiger charge is -2.22. The fraction of sp³-hybridized carbons (Fsp3) is 0.611. The van der Waals surface area contributed by atoms with Gasteiger partial charge in [0, 0.05) is 0 Å². The lowest BCUT2D eigenvalue weighted by atomic mass is 9.86. The quantitative estimate of drug-likeness (QED) is 0.871. The summed E-state index contributed by atoms with van der Waals surface area (Å²) < 4.78 is 0. The van der Waals surface area contributed by atoms with Crippen molar-refractivity contribution in [3.63, 3.8) is 0 Å². The Morgan fingerprint density at radius 3 is 2.10 bits per heavy atom. The van der Waals surface area contributed by atoms with Gasteiger partial charge in [-0.2, -0.15) is 0 Å². The highest BCUT2D eigenvalue weighted by Crippen LogP contribution is 2.23. The van der Waals surface area contributed by atoms with Crippen LogP contribution in [-0.2, 0) is 10.2 Å². The summed E-state index contributed by atoms with van der Waals surface area (Å²) in [4.78, 5) is 12.1. The third kappa shape index (κ3) is 5.50. The normalized spacial score (nSPS) is 14.9. The second-order valence-electron chi connectivity index (χ2n) is 7.34. The monoisotopic (exact) mass is 290 g/mol. The van der Waals surface area contributed by atoms with Gasteiger partial charge < -0.3 is 11.1 Å². The average molecular weight is 290 g/mol. The molecule has 1 aromatic rings. The van der Waals surface area contributed by atoms with Gasteiger partial charge in [0.2, 0.25) is 5.91 Å². The minimum absolute atomic E-state index is 0.0234. The molecule has 3 N–H and O–H groups in total. The largest absolute Gasteiger partial charge is 0.348 e. The molecule has 21 heavy (non-hydrogen) atoms. The van der Waals surface area contributed by atoms with Gasteiger partial charge in [-0.05, 0) is 35.8 Å². The van der Waals surface area contributed by atoms with E-state index in [-0.39, 0.29) is 17.4 Å². The molecule has 0 fully saturated rings. The molecule has 0 spiro atoms. The number of amides is 1. The van der Waals surface area contributed by atoms with Crippen molar-refractivity contribution in [2.24, 2.45) is 11.7 Å². The summed E-state index contributed by atoms with van der Waals surface area (Å²) in [5.74, 6) is 0.350. The second kappa shape index (κ2) is 7.08. The Morgan fingerprint density at radius 2 is 1.67 bits per heavy atom. The molecule has 0 bridgehead atoms. The zero-order valence-corrected chi connectivity index (χ0v) is 14.2. The Kier molecular flexibility index (Phi) is 5.97. The van der Waals surface area contributed by atoms with Crippen LogP contribution >= 0.6 is 0 Å². The van der Waals surface area contributed by atoms with E-state index in [0.717, 1.165) is 5.56 Å². The molecule has 1 aromatic carbocycles. The molecule has 2 atom stereocenters. The first kappa shape index (κ1) is 17.7.